The maximum Gasteiger partial charge on any atom is 0.220 e. The molecule has 0 unspecified atom stereocenters. The summed E-state index contributed by atoms with van der Waals surface area (Å²) >= 11 is 1.66. The average Bonchev–Trinajstić information content (AvgIpc) is 3.25. The van der Waals surface area contributed by atoms with Crippen LogP contribution >= 0.6 is 11.3 Å². The second kappa shape index (κ2) is 6.52. The zero-order chi connectivity index (χ0) is 15.8. The van der Waals surface area contributed by atoms with Crippen molar-refractivity contribution in [3.8, 4) is 0 Å². The molecule has 2 saturated carbocycles. The molecule has 3 aliphatic rings. The van der Waals surface area contributed by atoms with E-state index in [1.54, 1.807) is 11.3 Å². The van der Waals surface area contributed by atoms with Gasteiger partial charge in [-0.2, -0.15) is 0 Å². The molecular formula is C18H26N2O2S. The van der Waals surface area contributed by atoms with Gasteiger partial charge in [0.05, 0.1) is 17.3 Å². The van der Waals surface area contributed by atoms with Crippen molar-refractivity contribution >= 4 is 17.2 Å². The van der Waals surface area contributed by atoms with Crippen LogP contribution in [0.2, 0.25) is 0 Å². The van der Waals surface area contributed by atoms with Gasteiger partial charge in [-0.3, -0.25) is 4.79 Å². The maximum absolute atomic E-state index is 12.4. The Kier molecular flexibility index (Phi) is 4.41. The summed E-state index contributed by atoms with van der Waals surface area (Å²) in [5.74, 6) is 2.10. The van der Waals surface area contributed by atoms with Gasteiger partial charge in [-0.15, -0.1) is 11.3 Å². The Morgan fingerprint density at radius 1 is 1.39 bits per heavy atom. The molecule has 23 heavy (non-hydrogen) atoms. The molecule has 2 aliphatic carbocycles. The predicted octanol–water partition coefficient (Wildman–Crippen LogP) is 3.09. The van der Waals surface area contributed by atoms with Gasteiger partial charge in [0.25, 0.3) is 0 Å². The fourth-order valence-electron chi connectivity index (χ4n) is 4.91. The van der Waals surface area contributed by atoms with E-state index in [1.165, 1.54) is 30.6 Å². The fraction of sp³-hybridized carbons (Fsp3) is 0.778. The molecule has 2 heterocycles. The molecule has 0 bridgehead atoms. The first kappa shape index (κ1) is 15.6. The molecule has 1 N–H and O–H groups in total. The summed E-state index contributed by atoms with van der Waals surface area (Å²) in [6.45, 7) is 2.90. The highest BCUT2D eigenvalue weighted by molar-refractivity contribution is 7.09. The van der Waals surface area contributed by atoms with Gasteiger partial charge in [0.2, 0.25) is 5.91 Å². The number of hydrogen-bond acceptors (Lipinski definition) is 4. The minimum absolute atomic E-state index is 0.205. The minimum Gasteiger partial charge on any atom is -0.377 e. The minimum atomic E-state index is 0.205. The highest BCUT2D eigenvalue weighted by Gasteiger charge is 2.56. The molecular weight excluding hydrogens is 308 g/mol. The van der Waals surface area contributed by atoms with Crippen LogP contribution in [0.1, 0.15) is 49.1 Å². The standard InChI is InChI=1S/C18H26N2O2S/c1-11-14(23-10-19-11)6-7-15(21)20-17-13-8-9-22-18(13)16(17)12-4-2-3-5-12/h10,12-13,16-18H,2-9H2,1H3,(H,20,21)/t13-,16+,17+,18-/m1/s1. The topological polar surface area (TPSA) is 51.2 Å². The molecule has 3 fully saturated rings. The number of fused-ring (bicyclic) bond motifs is 1. The lowest BCUT2D eigenvalue weighted by Crippen LogP contribution is -2.63. The van der Waals surface area contributed by atoms with Gasteiger partial charge in [-0.25, -0.2) is 4.98 Å². The number of aromatic nitrogens is 1. The summed E-state index contributed by atoms with van der Waals surface area (Å²) in [5.41, 5.74) is 2.94. The molecule has 1 saturated heterocycles. The van der Waals surface area contributed by atoms with Crippen molar-refractivity contribution < 1.29 is 9.53 Å². The number of ether oxygens (including phenoxy) is 1. The lowest BCUT2D eigenvalue weighted by molar-refractivity contribution is -0.129. The summed E-state index contributed by atoms with van der Waals surface area (Å²) in [6, 6.07) is 0.362. The summed E-state index contributed by atoms with van der Waals surface area (Å²) in [6.07, 6.45) is 8.28. The van der Waals surface area contributed by atoms with E-state index in [0.717, 1.165) is 31.1 Å². The Morgan fingerprint density at radius 3 is 2.96 bits per heavy atom. The van der Waals surface area contributed by atoms with E-state index in [1.807, 2.05) is 12.4 Å². The van der Waals surface area contributed by atoms with Crippen molar-refractivity contribution in [2.45, 2.75) is 64.0 Å². The van der Waals surface area contributed by atoms with Crippen LogP contribution in [0.5, 0.6) is 0 Å². The third-order valence-electron chi connectivity index (χ3n) is 6.13. The van der Waals surface area contributed by atoms with E-state index in [4.69, 9.17) is 4.74 Å². The number of rotatable bonds is 5. The number of nitrogens with zero attached hydrogens (tertiary/aromatic N) is 1. The van der Waals surface area contributed by atoms with Gasteiger partial charge >= 0.3 is 0 Å². The van der Waals surface area contributed by atoms with Crippen LogP contribution in [-0.2, 0) is 16.0 Å². The van der Waals surface area contributed by atoms with Crippen LogP contribution in [0.15, 0.2) is 5.51 Å². The van der Waals surface area contributed by atoms with Crippen LogP contribution in [0, 0.1) is 24.7 Å². The van der Waals surface area contributed by atoms with Crippen LogP contribution in [0.4, 0.5) is 0 Å². The lowest BCUT2D eigenvalue weighted by atomic mass is 9.61. The highest BCUT2D eigenvalue weighted by atomic mass is 32.1. The molecule has 1 amide bonds. The molecule has 1 aromatic rings. The highest BCUT2D eigenvalue weighted by Crippen LogP contribution is 2.51. The first-order valence-electron chi connectivity index (χ1n) is 9.04. The largest absolute Gasteiger partial charge is 0.377 e. The quantitative estimate of drug-likeness (QED) is 0.900. The van der Waals surface area contributed by atoms with Crippen LogP contribution in [0.25, 0.3) is 0 Å². The molecule has 126 valence electrons. The molecule has 0 spiro atoms. The van der Waals surface area contributed by atoms with Crippen molar-refractivity contribution in [2.24, 2.45) is 17.8 Å². The summed E-state index contributed by atoms with van der Waals surface area (Å²) in [5, 5.41) is 3.36. The van der Waals surface area contributed by atoms with E-state index in [2.05, 4.69) is 10.3 Å². The molecule has 1 aliphatic heterocycles. The third kappa shape index (κ3) is 2.93. The van der Waals surface area contributed by atoms with E-state index >= 15 is 0 Å². The zero-order valence-corrected chi connectivity index (χ0v) is 14.6. The van der Waals surface area contributed by atoms with Crippen LogP contribution in [0.3, 0.4) is 0 Å². The number of hydrogen-bond donors (Lipinski definition) is 1. The van der Waals surface area contributed by atoms with Crippen molar-refractivity contribution in [1.29, 1.82) is 0 Å². The van der Waals surface area contributed by atoms with Gasteiger partial charge in [0, 0.05) is 35.8 Å². The van der Waals surface area contributed by atoms with E-state index in [-0.39, 0.29) is 5.91 Å². The molecule has 4 atom stereocenters. The normalized spacial score (nSPS) is 33.4. The molecule has 1 aromatic heterocycles. The van der Waals surface area contributed by atoms with Gasteiger partial charge < -0.3 is 10.1 Å². The number of carbonyl (C=O) groups excluding carboxylic acids is 1. The molecule has 5 heteroatoms. The Balaban J connectivity index is 1.34. The molecule has 0 aromatic carbocycles. The van der Waals surface area contributed by atoms with Crippen molar-refractivity contribution in [1.82, 2.24) is 10.3 Å². The summed E-state index contributed by atoms with van der Waals surface area (Å²) in [4.78, 5) is 17.9. The number of nitrogens with one attached hydrogen (secondary N) is 1. The fourth-order valence-corrected chi connectivity index (χ4v) is 5.69. The Morgan fingerprint density at radius 2 is 2.22 bits per heavy atom. The first-order chi connectivity index (χ1) is 11.2. The van der Waals surface area contributed by atoms with Crippen molar-refractivity contribution in [3.05, 3.63) is 16.1 Å². The van der Waals surface area contributed by atoms with Gasteiger partial charge in [-0.1, -0.05) is 25.7 Å². The Bertz CT molecular complexity index is 562. The van der Waals surface area contributed by atoms with Crippen LogP contribution in [-0.4, -0.2) is 29.6 Å². The number of aryl methyl sites for hydroxylation is 2. The van der Waals surface area contributed by atoms with Crippen molar-refractivity contribution in [2.75, 3.05) is 6.61 Å². The summed E-state index contributed by atoms with van der Waals surface area (Å²) < 4.78 is 5.97. The van der Waals surface area contributed by atoms with Gasteiger partial charge in [0.15, 0.2) is 0 Å². The lowest BCUT2D eigenvalue weighted by Gasteiger charge is -2.50. The average molecular weight is 334 g/mol. The van der Waals surface area contributed by atoms with E-state index < -0.39 is 0 Å². The number of thiazole rings is 1. The molecule has 4 nitrogen and oxygen atoms in total. The zero-order valence-electron chi connectivity index (χ0n) is 13.8. The SMILES string of the molecule is Cc1ncsc1CCC(=O)N[C@H]1[C@H]2CCO[C@H]2[C@H]1C1CCCC1. The maximum atomic E-state index is 12.4. The number of carbonyl (C=O) groups is 1. The van der Waals surface area contributed by atoms with E-state index in [9.17, 15) is 4.79 Å². The van der Waals surface area contributed by atoms with Crippen LogP contribution < -0.4 is 5.32 Å². The van der Waals surface area contributed by atoms with Gasteiger partial charge in [-0.05, 0) is 25.7 Å². The monoisotopic (exact) mass is 334 g/mol. The summed E-state index contributed by atoms with van der Waals surface area (Å²) in [7, 11) is 0. The molecule has 4 rings (SSSR count). The third-order valence-corrected chi connectivity index (χ3v) is 7.13. The second-order valence-electron chi connectivity index (χ2n) is 7.36. The number of amides is 1. The van der Waals surface area contributed by atoms with Gasteiger partial charge in [0.1, 0.15) is 0 Å². The first-order valence-corrected chi connectivity index (χ1v) is 9.92. The Labute approximate surface area is 142 Å². The van der Waals surface area contributed by atoms with Crippen molar-refractivity contribution in [3.63, 3.8) is 0 Å². The molecule has 0 radical (unpaired) electrons. The van der Waals surface area contributed by atoms with E-state index in [0.29, 0.717) is 30.4 Å². The predicted molar refractivity (Wildman–Crippen MR) is 90.4 cm³/mol. The second-order valence-corrected chi connectivity index (χ2v) is 8.30. The smallest absolute Gasteiger partial charge is 0.220 e. The Hall–Kier alpha value is -0.940.